The van der Waals surface area contributed by atoms with Crippen LogP contribution in [-0.2, 0) is 4.79 Å². The summed E-state index contributed by atoms with van der Waals surface area (Å²) in [5.41, 5.74) is -0.630. The Morgan fingerprint density at radius 1 is 1.29 bits per heavy atom. The second kappa shape index (κ2) is 6.39. The van der Waals surface area contributed by atoms with E-state index >= 15 is 0 Å². The number of alkyl halides is 1. The number of nitrogens with zero attached hydrogens (tertiary/aromatic N) is 1. The molecule has 17 heavy (non-hydrogen) atoms. The maximum absolute atomic E-state index is 12.0. The molecule has 0 bridgehead atoms. The fourth-order valence-electron chi connectivity index (χ4n) is 2.20. The Hall–Kier alpha value is -0.560. The maximum atomic E-state index is 12.0. The van der Waals surface area contributed by atoms with Crippen molar-refractivity contribution < 1.29 is 4.79 Å². The summed E-state index contributed by atoms with van der Waals surface area (Å²) in [5, 5.41) is 12.3. The van der Waals surface area contributed by atoms with Crippen molar-refractivity contribution >= 4 is 21.8 Å². The van der Waals surface area contributed by atoms with Gasteiger partial charge >= 0.3 is 0 Å². The van der Waals surface area contributed by atoms with Gasteiger partial charge in [-0.15, -0.1) is 0 Å². The van der Waals surface area contributed by atoms with Crippen molar-refractivity contribution in [1.29, 1.82) is 5.26 Å². The van der Waals surface area contributed by atoms with E-state index in [9.17, 15) is 10.1 Å². The van der Waals surface area contributed by atoms with Gasteiger partial charge in [-0.25, -0.2) is 0 Å². The zero-order valence-corrected chi connectivity index (χ0v) is 12.2. The molecule has 0 heterocycles. The fourth-order valence-corrected chi connectivity index (χ4v) is 2.32. The van der Waals surface area contributed by atoms with Gasteiger partial charge in [-0.2, -0.15) is 5.26 Å². The molecule has 1 aliphatic rings. The topological polar surface area (TPSA) is 52.9 Å². The Bertz CT molecular complexity index is 301. The summed E-state index contributed by atoms with van der Waals surface area (Å²) in [6.07, 6.45) is 5.97. The van der Waals surface area contributed by atoms with Crippen LogP contribution in [0.2, 0.25) is 0 Å². The molecule has 1 N–H and O–H groups in total. The number of rotatable bonds is 3. The minimum absolute atomic E-state index is 0.0524. The second-order valence-corrected chi connectivity index (χ2v) is 6.23. The highest BCUT2D eigenvalue weighted by Crippen LogP contribution is 2.27. The van der Waals surface area contributed by atoms with Gasteiger partial charge in [-0.05, 0) is 18.8 Å². The lowest BCUT2D eigenvalue weighted by molar-refractivity contribution is -0.122. The van der Waals surface area contributed by atoms with Crippen molar-refractivity contribution in [3.05, 3.63) is 0 Å². The molecule has 0 saturated heterocycles. The Kier molecular flexibility index (Phi) is 5.45. The van der Waals surface area contributed by atoms with Crippen molar-refractivity contribution in [3.63, 3.8) is 0 Å². The van der Waals surface area contributed by atoms with Crippen LogP contribution in [0.5, 0.6) is 0 Å². The third-order valence-corrected chi connectivity index (χ3v) is 4.84. The van der Waals surface area contributed by atoms with Crippen LogP contribution in [0.3, 0.4) is 0 Å². The average Bonchev–Trinajstić information content (AvgIpc) is 2.54. The Balaban J connectivity index is 2.68. The molecule has 0 spiro atoms. The predicted octanol–water partition coefficient (Wildman–Crippen LogP) is 3.14. The lowest BCUT2D eigenvalue weighted by atomic mass is 9.91. The summed E-state index contributed by atoms with van der Waals surface area (Å²) >= 11 is 3.39. The van der Waals surface area contributed by atoms with Crippen LogP contribution >= 0.6 is 15.9 Å². The number of carbonyl (C=O) groups is 1. The molecule has 3 nitrogen and oxygen atoms in total. The van der Waals surface area contributed by atoms with Gasteiger partial charge in [-0.1, -0.05) is 55.5 Å². The van der Waals surface area contributed by atoms with Gasteiger partial charge in [-0.3, -0.25) is 4.79 Å². The van der Waals surface area contributed by atoms with E-state index in [0.717, 1.165) is 25.7 Å². The summed E-state index contributed by atoms with van der Waals surface area (Å²) < 4.78 is 0. The van der Waals surface area contributed by atoms with Crippen molar-refractivity contribution in [2.24, 2.45) is 5.92 Å². The van der Waals surface area contributed by atoms with E-state index in [-0.39, 0.29) is 16.7 Å². The van der Waals surface area contributed by atoms with Crippen LogP contribution in [0.25, 0.3) is 0 Å². The number of amides is 1. The number of halogens is 1. The highest BCUT2D eigenvalue weighted by molar-refractivity contribution is 9.10. The van der Waals surface area contributed by atoms with Gasteiger partial charge in [0.2, 0.25) is 5.91 Å². The summed E-state index contributed by atoms with van der Waals surface area (Å²) in [7, 11) is 0. The molecule has 0 aliphatic heterocycles. The number of nitrogens with one attached hydrogen (secondary N) is 1. The lowest BCUT2D eigenvalue weighted by Crippen LogP contribution is -2.50. The first-order valence-electron chi connectivity index (χ1n) is 6.38. The predicted molar refractivity (Wildman–Crippen MR) is 71.7 cm³/mol. The van der Waals surface area contributed by atoms with E-state index < -0.39 is 5.54 Å². The number of hydrogen-bond acceptors (Lipinski definition) is 2. The Morgan fingerprint density at radius 2 is 1.82 bits per heavy atom. The molecule has 0 aromatic rings. The van der Waals surface area contributed by atoms with Crippen LogP contribution in [0.15, 0.2) is 0 Å². The first kappa shape index (κ1) is 14.5. The largest absolute Gasteiger partial charge is 0.337 e. The van der Waals surface area contributed by atoms with Gasteiger partial charge in [0.15, 0.2) is 0 Å². The van der Waals surface area contributed by atoms with Crippen molar-refractivity contribution in [3.8, 4) is 6.07 Å². The standard InChI is InChI=1S/C13H21BrN2O/c1-10(2)11(14)12(17)16-13(9-15)7-5-3-4-6-8-13/h10-11H,3-8H2,1-2H3,(H,16,17). The smallest absolute Gasteiger partial charge is 0.235 e. The van der Waals surface area contributed by atoms with Crippen LogP contribution < -0.4 is 5.32 Å². The van der Waals surface area contributed by atoms with E-state index in [2.05, 4.69) is 27.3 Å². The van der Waals surface area contributed by atoms with Crippen molar-refractivity contribution in [2.45, 2.75) is 62.7 Å². The lowest BCUT2D eigenvalue weighted by Gasteiger charge is -2.28. The monoisotopic (exact) mass is 300 g/mol. The highest BCUT2D eigenvalue weighted by Gasteiger charge is 2.34. The van der Waals surface area contributed by atoms with Gasteiger partial charge in [0, 0.05) is 0 Å². The van der Waals surface area contributed by atoms with Gasteiger partial charge in [0.1, 0.15) is 5.54 Å². The van der Waals surface area contributed by atoms with E-state index in [1.165, 1.54) is 12.8 Å². The van der Waals surface area contributed by atoms with E-state index in [0.29, 0.717) is 0 Å². The quantitative estimate of drug-likeness (QED) is 0.643. The van der Waals surface area contributed by atoms with Gasteiger partial charge < -0.3 is 5.32 Å². The molecule has 0 radical (unpaired) electrons. The third kappa shape index (κ3) is 3.99. The molecule has 1 unspecified atom stereocenters. The number of nitriles is 1. The molecule has 0 aromatic heterocycles. The number of carbonyl (C=O) groups excluding carboxylic acids is 1. The molecule has 96 valence electrons. The molecule has 1 fully saturated rings. The molecule has 1 amide bonds. The van der Waals surface area contributed by atoms with Crippen LogP contribution in [0, 0.1) is 17.2 Å². The minimum atomic E-state index is -0.630. The second-order valence-electron chi connectivity index (χ2n) is 5.24. The highest BCUT2D eigenvalue weighted by atomic mass is 79.9. The zero-order valence-electron chi connectivity index (χ0n) is 10.6. The Labute approximate surface area is 112 Å². The molecule has 0 aromatic carbocycles. The summed E-state index contributed by atoms with van der Waals surface area (Å²) in [4.78, 5) is 11.8. The average molecular weight is 301 g/mol. The normalized spacial score (nSPS) is 21.4. The van der Waals surface area contributed by atoms with E-state index in [1.807, 2.05) is 13.8 Å². The molecule has 1 atom stereocenters. The van der Waals surface area contributed by atoms with Crippen LogP contribution in [0.4, 0.5) is 0 Å². The zero-order chi connectivity index (χ0) is 12.9. The third-order valence-electron chi connectivity index (χ3n) is 3.37. The van der Waals surface area contributed by atoms with E-state index in [4.69, 9.17) is 0 Å². The minimum Gasteiger partial charge on any atom is -0.337 e. The summed E-state index contributed by atoms with van der Waals surface area (Å²) in [6, 6.07) is 2.33. The van der Waals surface area contributed by atoms with Crippen LogP contribution in [0.1, 0.15) is 52.4 Å². The fraction of sp³-hybridized carbons (Fsp3) is 0.846. The van der Waals surface area contributed by atoms with Crippen molar-refractivity contribution in [1.82, 2.24) is 5.32 Å². The first-order chi connectivity index (χ1) is 8.01. The SMILES string of the molecule is CC(C)C(Br)C(=O)NC1(C#N)CCCCCC1. The van der Waals surface area contributed by atoms with Gasteiger partial charge in [0.25, 0.3) is 0 Å². The first-order valence-corrected chi connectivity index (χ1v) is 7.30. The van der Waals surface area contributed by atoms with Crippen LogP contribution in [-0.4, -0.2) is 16.3 Å². The molecular weight excluding hydrogens is 280 g/mol. The molecule has 1 aliphatic carbocycles. The molecule has 1 rings (SSSR count). The number of hydrogen-bond donors (Lipinski definition) is 1. The van der Waals surface area contributed by atoms with Gasteiger partial charge in [0.05, 0.1) is 10.9 Å². The molecular formula is C13H21BrN2O. The molecule has 4 heteroatoms. The molecule has 1 saturated carbocycles. The van der Waals surface area contributed by atoms with E-state index in [1.54, 1.807) is 0 Å². The summed E-state index contributed by atoms with van der Waals surface area (Å²) in [6.45, 7) is 3.98. The van der Waals surface area contributed by atoms with Crippen molar-refractivity contribution in [2.75, 3.05) is 0 Å². The summed E-state index contributed by atoms with van der Waals surface area (Å²) in [5.74, 6) is 0.181. The Morgan fingerprint density at radius 3 is 2.24 bits per heavy atom. The maximum Gasteiger partial charge on any atom is 0.235 e.